The number of hydrogen-bond donors (Lipinski definition) is 0. The van der Waals surface area contributed by atoms with Crippen molar-refractivity contribution >= 4 is 44.7 Å². The van der Waals surface area contributed by atoms with Gasteiger partial charge in [0.05, 0.1) is 5.41 Å². The Kier molecular flexibility index (Phi) is 5.04. The molecule has 0 bridgehead atoms. The maximum absolute atomic E-state index is 2.68. The fourth-order valence-corrected chi connectivity index (χ4v) is 10.1. The van der Waals surface area contributed by atoms with Crippen LogP contribution in [0.5, 0.6) is 0 Å². The van der Waals surface area contributed by atoms with Crippen LogP contribution in [-0.2, 0) is 5.41 Å². The van der Waals surface area contributed by atoms with E-state index in [1.54, 1.807) is 22.3 Å². The van der Waals surface area contributed by atoms with Gasteiger partial charge < -0.3 is 4.90 Å². The predicted octanol–water partition coefficient (Wildman–Crippen LogP) is 10.8. The molecule has 4 atom stereocenters. The molecule has 0 saturated heterocycles. The molecule has 0 heterocycles. The fourth-order valence-electron chi connectivity index (χ4n) is 9.73. The van der Waals surface area contributed by atoms with Crippen molar-refractivity contribution in [1.29, 1.82) is 0 Å². The SMILES string of the molecule is Ic1ccc(N(c2ccc3ccccc3c2)C2CCC3c4cccc5c4C4(c6ccccc6-c6cccc-5c64)C3C2)cc1. The predicted molar refractivity (Wildman–Crippen MR) is 186 cm³/mol. The first-order valence-corrected chi connectivity index (χ1v) is 16.7. The van der Waals surface area contributed by atoms with Gasteiger partial charge in [0.1, 0.15) is 0 Å². The van der Waals surface area contributed by atoms with Crippen molar-refractivity contribution in [2.75, 3.05) is 4.90 Å². The Morgan fingerprint density at radius 2 is 1.26 bits per heavy atom. The van der Waals surface area contributed by atoms with Crippen molar-refractivity contribution in [1.82, 2.24) is 0 Å². The quantitative estimate of drug-likeness (QED) is 0.170. The first-order chi connectivity index (χ1) is 21.2. The van der Waals surface area contributed by atoms with E-state index in [9.17, 15) is 0 Å². The number of fused-ring (bicyclic) bond motifs is 6. The van der Waals surface area contributed by atoms with E-state index in [4.69, 9.17) is 0 Å². The van der Waals surface area contributed by atoms with E-state index in [1.165, 1.54) is 67.2 Å². The second-order valence-corrected chi connectivity index (χ2v) is 14.2. The molecular weight excluding hydrogens is 633 g/mol. The van der Waals surface area contributed by atoms with Crippen LogP contribution in [-0.4, -0.2) is 6.04 Å². The Balaban J connectivity index is 1.17. The number of nitrogens with zero attached hydrogens (tertiary/aromatic N) is 1. The van der Waals surface area contributed by atoms with Gasteiger partial charge in [0.2, 0.25) is 0 Å². The van der Waals surface area contributed by atoms with Crippen LogP contribution in [0.1, 0.15) is 47.4 Å². The number of hydrogen-bond acceptors (Lipinski definition) is 1. The number of anilines is 2. The van der Waals surface area contributed by atoms with Crippen molar-refractivity contribution in [2.45, 2.75) is 36.6 Å². The minimum Gasteiger partial charge on any atom is -0.338 e. The third-order valence-corrected chi connectivity index (χ3v) is 11.9. The van der Waals surface area contributed by atoms with E-state index in [0.29, 0.717) is 17.9 Å². The highest BCUT2D eigenvalue weighted by Crippen LogP contribution is 2.73. The highest BCUT2D eigenvalue weighted by Gasteiger charge is 2.63. The standard InChI is InChI=1S/C41H30IN/c42-27-16-19-28(20-17-27)43(29-18-15-25-7-1-2-8-26(25)23-29)30-21-22-32-34-11-6-13-36-35-12-5-10-33-31-9-3-4-14-37(31)41(39(33)35,40(34)36)38(32)24-30/h1-20,23,30,32,38H,21-22,24H2. The molecule has 0 aliphatic heterocycles. The van der Waals surface area contributed by atoms with E-state index < -0.39 is 0 Å². The fraction of sp³-hybridized carbons (Fsp3) is 0.171. The van der Waals surface area contributed by atoms with Gasteiger partial charge in [-0.2, -0.15) is 0 Å². The van der Waals surface area contributed by atoms with Crippen LogP contribution < -0.4 is 4.90 Å². The van der Waals surface area contributed by atoms with Crippen molar-refractivity contribution in [3.05, 3.63) is 153 Å². The number of rotatable bonds is 3. The summed E-state index contributed by atoms with van der Waals surface area (Å²) in [5.74, 6) is 1.12. The van der Waals surface area contributed by atoms with E-state index in [-0.39, 0.29) is 5.41 Å². The summed E-state index contributed by atoms with van der Waals surface area (Å²) < 4.78 is 1.28. The van der Waals surface area contributed by atoms with Gasteiger partial charge in [-0.3, -0.25) is 0 Å². The molecule has 0 N–H and O–H groups in total. The zero-order valence-corrected chi connectivity index (χ0v) is 26.0. The number of halogens is 1. The number of benzene rings is 6. The topological polar surface area (TPSA) is 3.24 Å². The maximum Gasteiger partial charge on any atom is 0.0513 e. The Labute approximate surface area is 266 Å². The molecule has 4 aliphatic rings. The molecule has 6 aromatic carbocycles. The van der Waals surface area contributed by atoms with Gasteiger partial charge in [0.15, 0.2) is 0 Å². The summed E-state index contributed by atoms with van der Waals surface area (Å²) in [5, 5.41) is 2.60. The van der Waals surface area contributed by atoms with Crippen molar-refractivity contribution in [3.63, 3.8) is 0 Å². The summed E-state index contributed by atoms with van der Waals surface area (Å²) in [6.07, 6.45) is 3.58. The van der Waals surface area contributed by atoms with Crippen LogP contribution in [0.3, 0.4) is 0 Å². The van der Waals surface area contributed by atoms with Gasteiger partial charge in [-0.1, -0.05) is 91.0 Å². The monoisotopic (exact) mass is 663 g/mol. The lowest BCUT2D eigenvalue weighted by molar-refractivity contribution is 0.243. The third kappa shape index (κ3) is 3.12. The summed E-state index contributed by atoms with van der Waals surface area (Å²) in [6.45, 7) is 0. The van der Waals surface area contributed by atoms with E-state index >= 15 is 0 Å². The minimum atomic E-state index is -0.0428. The Bertz CT molecular complexity index is 2110. The lowest BCUT2D eigenvalue weighted by atomic mass is 9.63. The molecule has 10 rings (SSSR count). The van der Waals surface area contributed by atoms with Crippen molar-refractivity contribution < 1.29 is 0 Å². The zero-order valence-electron chi connectivity index (χ0n) is 23.8. The molecule has 43 heavy (non-hydrogen) atoms. The lowest BCUT2D eigenvalue weighted by Crippen LogP contribution is -2.43. The first-order valence-electron chi connectivity index (χ1n) is 15.6. The molecule has 1 spiro atoms. The molecule has 1 nitrogen and oxygen atoms in total. The van der Waals surface area contributed by atoms with Gasteiger partial charge in [-0.25, -0.2) is 0 Å². The highest BCUT2D eigenvalue weighted by molar-refractivity contribution is 14.1. The van der Waals surface area contributed by atoms with Gasteiger partial charge in [0.25, 0.3) is 0 Å². The largest absolute Gasteiger partial charge is 0.338 e. The Morgan fingerprint density at radius 1 is 0.581 bits per heavy atom. The van der Waals surface area contributed by atoms with Gasteiger partial charge in [-0.15, -0.1) is 0 Å². The van der Waals surface area contributed by atoms with Crippen LogP contribution in [0, 0.1) is 9.49 Å². The lowest BCUT2D eigenvalue weighted by Gasteiger charge is -2.45. The van der Waals surface area contributed by atoms with Crippen LogP contribution in [0.2, 0.25) is 0 Å². The minimum absolute atomic E-state index is 0.0428. The maximum atomic E-state index is 2.68. The summed E-state index contributed by atoms with van der Waals surface area (Å²) >= 11 is 2.43. The zero-order chi connectivity index (χ0) is 28.3. The molecule has 206 valence electrons. The average Bonchev–Trinajstić information content (AvgIpc) is 3.65. The molecule has 0 amide bonds. The summed E-state index contributed by atoms with van der Waals surface area (Å²) in [6, 6.07) is 49.0. The normalized spacial score (nSPS) is 23.5. The van der Waals surface area contributed by atoms with E-state index in [1.807, 2.05) is 0 Å². The Morgan fingerprint density at radius 3 is 2.12 bits per heavy atom. The Hall–Kier alpha value is -3.89. The summed E-state index contributed by atoms with van der Waals surface area (Å²) in [4.78, 5) is 2.68. The summed E-state index contributed by atoms with van der Waals surface area (Å²) in [7, 11) is 0. The smallest absolute Gasteiger partial charge is 0.0513 e. The average molecular weight is 664 g/mol. The van der Waals surface area contributed by atoms with Crippen molar-refractivity contribution in [3.8, 4) is 22.3 Å². The second kappa shape index (κ2) is 8.83. The van der Waals surface area contributed by atoms with Gasteiger partial charge >= 0.3 is 0 Å². The molecule has 4 unspecified atom stereocenters. The molecule has 6 aromatic rings. The van der Waals surface area contributed by atoms with Crippen LogP contribution in [0.25, 0.3) is 33.0 Å². The van der Waals surface area contributed by atoms with E-state index in [2.05, 4.69) is 155 Å². The molecule has 1 fully saturated rings. The third-order valence-electron chi connectivity index (χ3n) is 11.1. The second-order valence-electron chi connectivity index (χ2n) is 12.9. The van der Waals surface area contributed by atoms with Crippen molar-refractivity contribution in [2.24, 2.45) is 5.92 Å². The molecule has 4 aliphatic carbocycles. The highest BCUT2D eigenvalue weighted by atomic mass is 127. The van der Waals surface area contributed by atoms with E-state index in [0.717, 1.165) is 0 Å². The molecular formula is C41H30IN. The summed E-state index contributed by atoms with van der Waals surface area (Å²) in [5.41, 5.74) is 14.8. The van der Waals surface area contributed by atoms with Gasteiger partial charge in [0, 0.05) is 21.0 Å². The van der Waals surface area contributed by atoms with Gasteiger partial charge in [-0.05, 0) is 145 Å². The molecule has 0 aromatic heterocycles. The van der Waals surface area contributed by atoms with Crippen LogP contribution >= 0.6 is 22.6 Å². The van der Waals surface area contributed by atoms with Crippen LogP contribution in [0.15, 0.2) is 127 Å². The molecule has 0 radical (unpaired) electrons. The molecule has 1 saturated carbocycles. The first kappa shape index (κ1) is 24.5. The molecule has 2 heteroatoms. The van der Waals surface area contributed by atoms with Crippen LogP contribution in [0.4, 0.5) is 11.4 Å².